The monoisotopic (exact) mass is 404 g/mol. The van der Waals surface area contributed by atoms with Gasteiger partial charge in [0.15, 0.2) is 4.34 Å². The van der Waals surface area contributed by atoms with Crippen molar-refractivity contribution in [2.45, 2.75) is 68.1 Å². The predicted molar refractivity (Wildman–Crippen MR) is 113 cm³/mol. The minimum atomic E-state index is -0.137. The van der Waals surface area contributed by atoms with Crippen molar-refractivity contribution >= 4 is 34.1 Å². The summed E-state index contributed by atoms with van der Waals surface area (Å²) in [6.45, 7) is 5.58. The van der Waals surface area contributed by atoms with Gasteiger partial charge in [0.25, 0.3) is 0 Å². The van der Waals surface area contributed by atoms with E-state index in [2.05, 4.69) is 39.5 Å². The fraction of sp³-hybridized carbons (Fsp3) is 0.550. The normalized spacial score (nSPS) is 16.1. The Bertz CT molecular complexity index is 716. The number of aromatic nitrogens is 2. The molecule has 1 aromatic carbocycles. The molecule has 1 atom stereocenters. The molecule has 1 amide bonds. The van der Waals surface area contributed by atoms with Crippen molar-refractivity contribution in [3.8, 4) is 0 Å². The van der Waals surface area contributed by atoms with Crippen LogP contribution in [-0.4, -0.2) is 38.8 Å². The lowest BCUT2D eigenvalue weighted by Gasteiger charge is -2.35. The lowest BCUT2D eigenvalue weighted by atomic mass is 9.94. The quantitative estimate of drug-likeness (QED) is 0.640. The van der Waals surface area contributed by atoms with Crippen LogP contribution in [0.25, 0.3) is 0 Å². The zero-order valence-corrected chi connectivity index (χ0v) is 17.7. The third kappa shape index (κ3) is 5.69. The van der Waals surface area contributed by atoms with Gasteiger partial charge in [-0.2, -0.15) is 0 Å². The molecule has 1 heterocycles. The number of rotatable bonds is 8. The zero-order valence-electron chi connectivity index (χ0n) is 16.1. The van der Waals surface area contributed by atoms with Gasteiger partial charge in [-0.3, -0.25) is 4.79 Å². The molecule has 0 bridgehead atoms. The Morgan fingerprint density at radius 2 is 2.00 bits per heavy atom. The number of anilines is 1. The Labute approximate surface area is 170 Å². The number of nitrogens with zero attached hydrogens (tertiary/aromatic N) is 3. The van der Waals surface area contributed by atoms with Crippen molar-refractivity contribution in [3.05, 3.63) is 35.9 Å². The lowest BCUT2D eigenvalue weighted by Crippen LogP contribution is -2.44. The summed E-state index contributed by atoms with van der Waals surface area (Å²) < 4.78 is 0.839. The van der Waals surface area contributed by atoms with Gasteiger partial charge in [0.2, 0.25) is 11.0 Å². The summed E-state index contributed by atoms with van der Waals surface area (Å²) in [5.41, 5.74) is 1.21. The smallest absolute Gasteiger partial charge is 0.236 e. The number of nitrogens with one attached hydrogen (secondary N) is 1. The van der Waals surface area contributed by atoms with Crippen LogP contribution < -0.4 is 5.32 Å². The average Bonchev–Trinajstić information content (AvgIpc) is 3.16. The first kappa shape index (κ1) is 20.1. The van der Waals surface area contributed by atoms with E-state index in [1.54, 1.807) is 0 Å². The van der Waals surface area contributed by atoms with Gasteiger partial charge in [-0.1, -0.05) is 72.7 Å². The number of amides is 1. The average molecular weight is 405 g/mol. The second-order valence-corrected chi connectivity index (χ2v) is 9.45. The summed E-state index contributed by atoms with van der Waals surface area (Å²) in [6.07, 6.45) is 6.06. The molecule has 146 valence electrons. The van der Waals surface area contributed by atoms with Crippen LogP contribution in [0.15, 0.2) is 34.7 Å². The molecule has 1 saturated carbocycles. The van der Waals surface area contributed by atoms with Gasteiger partial charge in [-0.05, 0) is 32.3 Å². The maximum atomic E-state index is 12.9. The summed E-state index contributed by atoms with van der Waals surface area (Å²) in [5, 5.41) is 12.4. The van der Waals surface area contributed by atoms with Gasteiger partial charge in [0, 0.05) is 19.1 Å². The molecule has 0 unspecified atom stereocenters. The maximum Gasteiger partial charge on any atom is 0.236 e. The van der Waals surface area contributed by atoms with E-state index in [9.17, 15) is 4.79 Å². The second kappa shape index (κ2) is 10.1. The Kier molecular flexibility index (Phi) is 7.52. The third-order valence-corrected chi connectivity index (χ3v) is 7.01. The Hall–Kier alpha value is -1.60. The van der Waals surface area contributed by atoms with Gasteiger partial charge in [-0.25, -0.2) is 0 Å². The van der Waals surface area contributed by atoms with Crippen molar-refractivity contribution < 1.29 is 4.79 Å². The Morgan fingerprint density at radius 3 is 2.70 bits per heavy atom. The third-order valence-electron chi connectivity index (χ3n) is 4.96. The summed E-state index contributed by atoms with van der Waals surface area (Å²) in [4.78, 5) is 15.0. The van der Waals surface area contributed by atoms with E-state index in [1.807, 2.05) is 25.1 Å². The SMILES string of the molecule is CCN(C(=O)[C@@H](C)Sc1nnc(NCc2ccccc2)s1)C1CCCCC1. The molecule has 5 nitrogen and oxygen atoms in total. The topological polar surface area (TPSA) is 58.1 Å². The molecule has 0 spiro atoms. The van der Waals surface area contributed by atoms with E-state index >= 15 is 0 Å². The molecule has 0 saturated heterocycles. The fourth-order valence-corrected chi connectivity index (χ4v) is 5.49. The predicted octanol–water partition coefficient (Wildman–Crippen LogP) is 4.81. The van der Waals surface area contributed by atoms with E-state index in [1.165, 1.54) is 47.9 Å². The summed E-state index contributed by atoms with van der Waals surface area (Å²) in [6, 6.07) is 10.6. The van der Waals surface area contributed by atoms with E-state index in [-0.39, 0.29) is 11.2 Å². The molecule has 0 radical (unpaired) electrons. The van der Waals surface area contributed by atoms with Gasteiger partial charge >= 0.3 is 0 Å². The van der Waals surface area contributed by atoms with Gasteiger partial charge in [-0.15, -0.1) is 10.2 Å². The Balaban J connectivity index is 1.53. The standard InChI is InChI=1S/C20H28N4OS2/c1-3-24(17-12-8-5-9-13-17)18(25)15(2)26-20-23-22-19(27-20)21-14-16-10-6-4-7-11-16/h4,6-7,10-11,15,17H,3,5,8-9,12-14H2,1-2H3,(H,21,22)/t15-/m1/s1. The highest BCUT2D eigenvalue weighted by Gasteiger charge is 2.28. The van der Waals surface area contributed by atoms with E-state index in [4.69, 9.17) is 0 Å². The highest BCUT2D eigenvalue weighted by Crippen LogP contribution is 2.31. The van der Waals surface area contributed by atoms with Crippen molar-refractivity contribution in [2.24, 2.45) is 0 Å². The molecule has 1 aliphatic carbocycles. The number of carbonyl (C=O) groups excluding carboxylic acids is 1. The molecule has 0 aliphatic heterocycles. The lowest BCUT2D eigenvalue weighted by molar-refractivity contribution is -0.133. The van der Waals surface area contributed by atoms with Crippen molar-refractivity contribution in [1.29, 1.82) is 0 Å². The van der Waals surface area contributed by atoms with E-state index in [0.29, 0.717) is 6.04 Å². The molecule has 1 fully saturated rings. The highest BCUT2D eigenvalue weighted by atomic mass is 32.2. The molecule has 3 rings (SSSR count). The minimum Gasteiger partial charge on any atom is -0.356 e. The second-order valence-electron chi connectivity index (χ2n) is 6.89. The van der Waals surface area contributed by atoms with Crippen molar-refractivity contribution in [1.82, 2.24) is 15.1 Å². The fourth-order valence-electron chi connectivity index (χ4n) is 3.52. The molecule has 7 heteroatoms. The number of carbonyl (C=O) groups is 1. The van der Waals surface area contributed by atoms with E-state index in [0.717, 1.165) is 35.4 Å². The molecule has 1 aliphatic rings. The molecule has 1 aromatic heterocycles. The van der Waals surface area contributed by atoms with Crippen LogP contribution in [0, 0.1) is 0 Å². The Morgan fingerprint density at radius 1 is 1.26 bits per heavy atom. The summed E-state index contributed by atoms with van der Waals surface area (Å²) >= 11 is 3.03. The first-order valence-electron chi connectivity index (χ1n) is 9.75. The van der Waals surface area contributed by atoms with Gasteiger partial charge in [0.1, 0.15) is 0 Å². The highest BCUT2D eigenvalue weighted by molar-refractivity contribution is 8.02. The van der Waals surface area contributed by atoms with E-state index < -0.39 is 0 Å². The van der Waals surface area contributed by atoms with Crippen LogP contribution in [0.4, 0.5) is 5.13 Å². The van der Waals surface area contributed by atoms with Crippen LogP contribution in [-0.2, 0) is 11.3 Å². The first-order chi connectivity index (χ1) is 13.2. The molecule has 1 N–H and O–H groups in total. The van der Waals surface area contributed by atoms with Crippen LogP contribution in [0.1, 0.15) is 51.5 Å². The van der Waals surface area contributed by atoms with Gasteiger partial charge in [0.05, 0.1) is 5.25 Å². The molecular weight excluding hydrogens is 376 g/mol. The summed E-state index contributed by atoms with van der Waals surface area (Å²) in [7, 11) is 0. The van der Waals surface area contributed by atoms with Crippen LogP contribution >= 0.6 is 23.1 Å². The zero-order chi connectivity index (χ0) is 19.1. The maximum absolute atomic E-state index is 12.9. The van der Waals surface area contributed by atoms with Crippen LogP contribution in [0.3, 0.4) is 0 Å². The van der Waals surface area contributed by atoms with Gasteiger partial charge < -0.3 is 10.2 Å². The number of hydrogen-bond donors (Lipinski definition) is 1. The molecule has 27 heavy (non-hydrogen) atoms. The number of thioether (sulfide) groups is 1. The van der Waals surface area contributed by atoms with Crippen LogP contribution in [0.5, 0.6) is 0 Å². The first-order valence-corrected chi connectivity index (χ1v) is 11.5. The van der Waals surface area contributed by atoms with Crippen molar-refractivity contribution in [2.75, 3.05) is 11.9 Å². The molecular formula is C20H28N4OS2. The number of benzene rings is 1. The number of hydrogen-bond acceptors (Lipinski definition) is 6. The van der Waals surface area contributed by atoms with Crippen molar-refractivity contribution in [3.63, 3.8) is 0 Å². The largest absolute Gasteiger partial charge is 0.356 e. The summed E-state index contributed by atoms with van der Waals surface area (Å²) in [5.74, 6) is 0.225. The van der Waals surface area contributed by atoms with Crippen LogP contribution in [0.2, 0.25) is 0 Å². The minimum absolute atomic E-state index is 0.137. The molecule has 2 aromatic rings.